The number of anilines is 1. The Morgan fingerprint density at radius 3 is 3.08 bits per heavy atom. The summed E-state index contributed by atoms with van der Waals surface area (Å²) in [5, 5.41) is 3.08. The van der Waals surface area contributed by atoms with E-state index in [9.17, 15) is 9.18 Å². The molecule has 0 fully saturated rings. The Labute approximate surface area is 69.4 Å². The average Bonchev–Trinajstić information content (AvgIpc) is 2.49. The third-order valence-electron chi connectivity index (χ3n) is 2.06. The van der Waals surface area contributed by atoms with Gasteiger partial charge in [-0.05, 0) is 24.1 Å². The minimum Gasteiger partial charge on any atom is -0.384 e. The predicted octanol–water partition coefficient (Wildman–Crippen LogP) is 1.61. The molecule has 1 aliphatic rings. The molecule has 0 bridgehead atoms. The van der Waals surface area contributed by atoms with E-state index >= 15 is 0 Å². The van der Waals surface area contributed by atoms with Crippen molar-refractivity contribution < 1.29 is 9.18 Å². The van der Waals surface area contributed by atoms with E-state index in [2.05, 4.69) is 5.32 Å². The number of benzene rings is 1. The predicted molar refractivity (Wildman–Crippen MR) is 44.0 cm³/mol. The molecule has 1 aromatic rings. The van der Waals surface area contributed by atoms with Crippen molar-refractivity contribution in [1.82, 2.24) is 0 Å². The first-order chi connectivity index (χ1) is 5.81. The molecule has 1 N–H and O–H groups in total. The fourth-order valence-corrected chi connectivity index (χ4v) is 1.42. The molecule has 2 nitrogen and oxygen atoms in total. The lowest BCUT2D eigenvalue weighted by Gasteiger charge is -2.00. The summed E-state index contributed by atoms with van der Waals surface area (Å²) in [4.78, 5) is 10.4. The molecule has 0 saturated carbocycles. The fourth-order valence-electron chi connectivity index (χ4n) is 1.42. The first kappa shape index (κ1) is 7.28. The van der Waals surface area contributed by atoms with Gasteiger partial charge in [-0.15, -0.1) is 0 Å². The van der Waals surface area contributed by atoms with Crippen LogP contribution in [0.1, 0.15) is 15.9 Å². The summed E-state index contributed by atoms with van der Waals surface area (Å²) in [5.41, 5.74) is 1.97. The Kier molecular flexibility index (Phi) is 1.57. The zero-order valence-corrected chi connectivity index (χ0v) is 6.43. The van der Waals surface area contributed by atoms with Crippen molar-refractivity contribution in [1.29, 1.82) is 0 Å². The van der Waals surface area contributed by atoms with E-state index in [1.54, 1.807) is 6.07 Å². The highest BCUT2D eigenvalue weighted by atomic mass is 19.1. The fraction of sp³-hybridized carbons (Fsp3) is 0.222. The first-order valence-electron chi connectivity index (χ1n) is 3.83. The highest BCUT2D eigenvalue weighted by molar-refractivity contribution is 5.78. The lowest BCUT2D eigenvalue weighted by Crippen LogP contribution is -1.92. The largest absolute Gasteiger partial charge is 0.384 e. The van der Waals surface area contributed by atoms with Crippen molar-refractivity contribution in [3.05, 3.63) is 29.1 Å². The molecule has 3 heteroatoms. The summed E-state index contributed by atoms with van der Waals surface area (Å²) in [6.07, 6.45) is 1.38. The molecule has 12 heavy (non-hydrogen) atoms. The maximum Gasteiger partial charge on any atom is 0.153 e. The van der Waals surface area contributed by atoms with Crippen LogP contribution in [0, 0.1) is 5.82 Å². The van der Waals surface area contributed by atoms with Crippen LogP contribution in [0.15, 0.2) is 12.1 Å². The van der Waals surface area contributed by atoms with Crippen LogP contribution in [-0.2, 0) is 6.42 Å². The van der Waals surface area contributed by atoms with E-state index < -0.39 is 5.82 Å². The molecule has 0 aromatic heterocycles. The van der Waals surface area contributed by atoms with E-state index in [1.807, 2.05) is 0 Å². The summed E-state index contributed by atoms with van der Waals surface area (Å²) in [6.45, 7) is 0.830. The second kappa shape index (κ2) is 2.59. The van der Waals surface area contributed by atoms with Crippen molar-refractivity contribution in [3.8, 4) is 0 Å². The number of carbonyl (C=O) groups excluding carboxylic acids is 1. The Bertz CT molecular complexity index is 336. The molecule has 2 rings (SSSR count). The normalized spacial score (nSPS) is 13.8. The standard InChI is InChI=1S/C9H8FNO/c10-8-3-6-1-2-11-9(6)4-7(8)5-12/h3-5,11H,1-2H2. The van der Waals surface area contributed by atoms with Crippen LogP contribution in [0.3, 0.4) is 0 Å². The molecule has 0 radical (unpaired) electrons. The van der Waals surface area contributed by atoms with E-state index in [0.717, 1.165) is 24.2 Å². The van der Waals surface area contributed by atoms with Crippen molar-refractivity contribution in [2.24, 2.45) is 0 Å². The highest BCUT2D eigenvalue weighted by Gasteiger charge is 2.13. The van der Waals surface area contributed by atoms with Crippen molar-refractivity contribution >= 4 is 12.0 Å². The Morgan fingerprint density at radius 2 is 2.33 bits per heavy atom. The zero-order chi connectivity index (χ0) is 8.55. The Morgan fingerprint density at radius 1 is 1.50 bits per heavy atom. The van der Waals surface area contributed by atoms with Gasteiger partial charge in [0.05, 0.1) is 5.56 Å². The zero-order valence-electron chi connectivity index (χ0n) is 6.43. The molecule has 0 atom stereocenters. The van der Waals surface area contributed by atoms with Gasteiger partial charge in [-0.3, -0.25) is 4.79 Å². The molecule has 0 aliphatic carbocycles. The maximum absolute atomic E-state index is 13.0. The lowest BCUT2D eigenvalue weighted by molar-refractivity contribution is 0.112. The lowest BCUT2D eigenvalue weighted by atomic mass is 10.1. The van der Waals surface area contributed by atoms with E-state index in [4.69, 9.17) is 0 Å². The average molecular weight is 165 g/mol. The van der Waals surface area contributed by atoms with Gasteiger partial charge >= 0.3 is 0 Å². The molecule has 0 spiro atoms. The molecule has 0 amide bonds. The van der Waals surface area contributed by atoms with Crippen LogP contribution in [0.2, 0.25) is 0 Å². The summed E-state index contributed by atoms with van der Waals surface area (Å²) in [5.74, 6) is -0.424. The second-order valence-corrected chi connectivity index (χ2v) is 2.83. The Balaban J connectivity index is 2.56. The van der Waals surface area contributed by atoms with E-state index in [0.29, 0.717) is 6.29 Å². The molecular weight excluding hydrogens is 157 g/mol. The van der Waals surface area contributed by atoms with Crippen LogP contribution in [0.5, 0.6) is 0 Å². The number of hydrogen-bond acceptors (Lipinski definition) is 2. The quantitative estimate of drug-likeness (QED) is 0.640. The summed E-state index contributed by atoms with van der Waals surface area (Å²) in [6, 6.07) is 2.99. The van der Waals surface area contributed by atoms with Gasteiger partial charge in [0.2, 0.25) is 0 Å². The number of fused-ring (bicyclic) bond motifs is 1. The number of aldehydes is 1. The number of halogens is 1. The van der Waals surface area contributed by atoms with Gasteiger partial charge in [0.15, 0.2) is 6.29 Å². The Hall–Kier alpha value is -1.38. The molecule has 1 aromatic carbocycles. The molecule has 0 saturated heterocycles. The van der Waals surface area contributed by atoms with Crippen molar-refractivity contribution in [3.63, 3.8) is 0 Å². The summed E-state index contributed by atoms with van der Waals surface area (Å²) in [7, 11) is 0. The molecular formula is C9H8FNO. The number of rotatable bonds is 1. The van der Waals surface area contributed by atoms with Gasteiger partial charge in [-0.25, -0.2) is 4.39 Å². The van der Waals surface area contributed by atoms with E-state index in [1.165, 1.54) is 6.07 Å². The van der Waals surface area contributed by atoms with Crippen LogP contribution in [-0.4, -0.2) is 12.8 Å². The number of carbonyl (C=O) groups is 1. The molecule has 1 aliphatic heterocycles. The van der Waals surface area contributed by atoms with Gasteiger partial charge in [-0.1, -0.05) is 0 Å². The van der Waals surface area contributed by atoms with Crippen LogP contribution in [0.25, 0.3) is 0 Å². The van der Waals surface area contributed by atoms with Crippen LogP contribution in [0.4, 0.5) is 10.1 Å². The summed E-state index contributed by atoms with van der Waals surface area (Å²) >= 11 is 0. The topological polar surface area (TPSA) is 29.1 Å². The summed E-state index contributed by atoms with van der Waals surface area (Å²) < 4.78 is 13.0. The smallest absolute Gasteiger partial charge is 0.153 e. The van der Waals surface area contributed by atoms with Crippen LogP contribution < -0.4 is 5.32 Å². The second-order valence-electron chi connectivity index (χ2n) is 2.83. The van der Waals surface area contributed by atoms with Gasteiger partial charge in [0, 0.05) is 12.2 Å². The minimum absolute atomic E-state index is 0.128. The highest BCUT2D eigenvalue weighted by Crippen LogP contribution is 2.24. The SMILES string of the molecule is O=Cc1cc2c(cc1F)CCN2. The van der Waals surface area contributed by atoms with Crippen molar-refractivity contribution in [2.45, 2.75) is 6.42 Å². The van der Waals surface area contributed by atoms with Gasteiger partial charge < -0.3 is 5.32 Å². The number of hydrogen-bond donors (Lipinski definition) is 1. The monoisotopic (exact) mass is 165 g/mol. The third kappa shape index (κ3) is 0.978. The third-order valence-corrected chi connectivity index (χ3v) is 2.06. The molecule has 0 unspecified atom stereocenters. The molecule has 62 valence electrons. The maximum atomic E-state index is 13.0. The van der Waals surface area contributed by atoms with Gasteiger partial charge in [0.25, 0.3) is 0 Å². The van der Waals surface area contributed by atoms with Gasteiger partial charge in [-0.2, -0.15) is 0 Å². The number of nitrogens with one attached hydrogen (secondary N) is 1. The first-order valence-corrected chi connectivity index (χ1v) is 3.83. The van der Waals surface area contributed by atoms with E-state index in [-0.39, 0.29) is 5.56 Å². The minimum atomic E-state index is -0.424. The van der Waals surface area contributed by atoms with Gasteiger partial charge in [0.1, 0.15) is 5.82 Å². The van der Waals surface area contributed by atoms with Crippen LogP contribution >= 0.6 is 0 Å². The molecule has 1 heterocycles. The van der Waals surface area contributed by atoms with Crippen molar-refractivity contribution in [2.75, 3.05) is 11.9 Å².